The quantitative estimate of drug-likeness (QED) is 0.260. The molecule has 5 heteroatoms. The highest BCUT2D eigenvalue weighted by Gasteiger charge is 2.18. The third kappa shape index (κ3) is 4.05. The van der Waals surface area contributed by atoms with Gasteiger partial charge in [-0.3, -0.25) is 0 Å². The summed E-state index contributed by atoms with van der Waals surface area (Å²) in [5, 5.41) is 0.732. The second-order valence-corrected chi connectivity index (χ2v) is 7.80. The molecule has 0 aliphatic carbocycles. The van der Waals surface area contributed by atoms with E-state index in [2.05, 4.69) is 15.9 Å². The zero-order valence-electron chi connectivity index (χ0n) is 15.9. The van der Waals surface area contributed by atoms with E-state index in [1.165, 1.54) is 12.1 Å². The Morgan fingerprint density at radius 3 is 2.34 bits per heavy atom. The molecule has 0 aliphatic rings. The van der Waals surface area contributed by atoms with Crippen molar-refractivity contribution in [2.45, 2.75) is 13.8 Å². The summed E-state index contributed by atoms with van der Waals surface area (Å²) >= 11 is 3.37. The number of hydrogen-bond acceptors (Lipinski definition) is 3. The van der Waals surface area contributed by atoms with Crippen LogP contribution in [0.1, 0.15) is 21.5 Å². The van der Waals surface area contributed by atoms with Gasteiger partial charge < -0.3 is 4.74 Å². The number of hydrogen-bond donors (Lipinski definition) is 0. The van der Waals surface area contributed by atoms with Crippen LogP contribution in [0.3, 0.4) is 0 Å². The van der Waals surface area contributed by atoms with Gasteiger partial charge in [0.05, 0.1) is 16.8 Å². The average molecular weight is 450 g/mol. The zero-order chi connectivity index (χ0) is 20.5. The predicted molar refractivity (Wildman–Crippen MR) is 116 cm³/mol. The number of rotatable bonds is 3. The van der Waals surface area contributed by atoms with E-state index in [9.17, 15) is 9.18 Å². The molecule has 0 spiro atoms. The summed E-state index contributed by atoms with van der Waals surface area (Å²) in [6, 6.07) is 18.8. The van der Waals surface area contributed by atoms with Crippen LogP contribution in [-0.4, -0.2) is 11.0 Å². The lowest BCUT2D eigenvalue weighted by atomic mass is 10.00. The van der Waals surface area contributed by atoms with Crippen LogP contribution in [0.25, 0.3) is 22.2 Å². The SMILES string of the molecule is Cc1cc(C)c2nc(-c3ccc(F)cc3)cc(C(=O)Oc3ccc(Br)cc3)c2c1. The van der Waals surface area contributed by atoms with E-state index in [1.54, 1.807) is 30.3 Å². The van der Waals surface area contributed by atoms with Crippen molar-refractivity contribution in [3.63, 3.8) is 0 Å². The number of esters is 1. The topological polar surface area (TPSA) is 39.2 Å². The molecule has 0 saturated heterocycles. The van der Waals surface area contributed by atoms with Gasteiger partial charge in [-0.2, -0.15) is 0 Å². The van der Waals surface area contributed by atoms with Crippen molar-refractivity contribution in [3.8, 4) is 17.0 Å². The van der Waals surface area contributed by atoms with Crippen LogP contribution in [0.15, 0.2) is 71.2 Å². The molecule has 4 aromatic rings. The van der Waals surface area contributed by atoms with E-state index in [1.807, 2.05) is 38.1 Å². The summed E-state index contributed by atoms with van der Waals surface area (Å²) in [5.41, 5.74) is 4.45. The van der Waals surface area contributed by atoms with Crippen LogP contribution in [0.4, 0.5) is 4.39 Å². The van der Waals surface area contributed by atoms with Gasteiger partial charge in [0, 0.05) is 15.4 Å². The number of pyridine rings is 1. The molecular weight excluding hydrogens is 433 g/mol. The third-order valence-corrected chi connectivity index (χ3v) is 5.16. The number of carbonyl (C=O) groups excluding carboxylic acids is 1. The molecule has 0 atom stereocenters. The summed E-state index contributed by atoms with van der Waals surface area (Å²) in [5.74, 6) is -0.333. The molecule has 1 aromatic heterocycles. The fourth-order valence-electron chi connectivity index (χ4n) is 3.28. The minimum Gasteiger partial charge on any atom is -0.423 e. The molecule has 4 rings (SSSR count). The van der Waals surface area contributed by atoms with E-state index >= 15 is 0 Å². The van der Waals surface area contributed by atoms with Crippen LogP contribution in [-0.2, 0) is 0 Å². The van der Waals surface area contributed by atoms with Crippen molar-refractivity contribution in [2.75, 3.05) is 0 Å². The Kier molecular flexibility index (Phi) is 5.16. The fraction of sp³-hybridized carbons (Fsp3) is 0.0833. The maximum absolute atomic E-state index is 13.3. The Hall–Kier alpha value is -3.05. The van der Waals surface area contributed by atoms with Crippen LogP contribution >= 0.6 is 15.9 Å². The second kappa shape index (κ2) is 7.76. The lowest BCUT2D eigenvalue weighted by Gasteiger charge is -2.12. The number of nitrogens with zero attached hydrogens (tertiary/aromatic N) is 1. The normalized spacial score (nSPS) is 10.9. The van der Waals surface area contributed by atoms with E-state index in [0.29, 0.717) is 17.0 Å². The minimum absolute atomic E-state index is 0.323. The number of aromatic nitrogens is 1. The van der Waals surface area contributed by atoms with Crippen molar-refractivity contribution in [1.82, 2.24) is 4.98 Å². The maximum atomic E-state index is 13.3. The van der Waals surface area contributed by atoms with Gasteiger partial charge in [0.25, 0.3) is 0 Å². The molecule has 144 valence electrons. The van der Waals surface area contributed by atoms with Crippen molar-refractivity contribution in [3.05, 3.63) is 93.7 Å². The van der Waals surface area contributed by atoms with E-state index in [0.717, 1.165) is 32.1 Å². The molecule has 0 N–H and O–H groups in total. The standard InChI is InChI=1S/C24H17BrFNO2/c1-14-11-15(2)23-20(12-14)21(24(28)29-19-9-5-17(25)6-10-19)13-22(27-23)16-3-7-18(26)8-4-16/h3-13H,1-2H3. The number of aryl methyl sites for hydroxylation is 2. The number of carbonyl (C=O) groups is 1. The number of fused-ring (bicyclic) bond motifs is 1. The second-order valence-electron chi connectivity index (χ2n) is 6.88. The largest absolute Gasteiger partial charge is 0.423 e. The van der Waals surface area contributed by atoms with Crippen LogP contribution in [0, 0.1) is 19.7 Å². The first-order valence-electron chi connectivity index (χ1n) is 9.06. The molecule has 0 saturated carbocycles. The summed E-state index contributed by atoms with van der Waals surface area (Å²) in [6.07, 6.45) is 0. The molecule has 29 heavy (non-hydrogen) atoms. The Morgan fingerprint density at radius 2 is 1.66 bits per heavy atom. The van der Waals surface area contributed by atoms with Crippen LogP contribution < -0.4 is 4.74 Å². The Morgan fingerprint density at radius 1 is 0.966 bits per heavy atom. The maximum Gasteiger partial charge on any atom is 0.344 e. The van der Waals surface area contributed by atoms with Crippen molar-refractivity contribution in [2.24, 2.45) is 0 Å². The molecule has 0 bridgehead atoms. The highest BCUT2D eigenvalue weighted by molar-refractivity contribution is 9.10. The average Bonchev–Trinajstić information content (AvgIpc) is 2.69. The smallest absolute Gasteiger partial charge is 0.344 e. The molecule has 3 nitrogen and oxygen atoms in total. The molecular formula is C24H17BrFNO2. The van der Waals surface area contributed by atoms with E-state index < -0.39 is 5.97 Å². The van der Waals surface area contributed by atoms with Gasteiger partial charge in [0.1, 0.15) is 11.6 Å². The molecule has 0 fully saturated rings. The summed E-state index contributed by atoms with van der Waals surface area (Å²) in [7, 11) is 0. The van der Waals surface area contributed by atoms with Gasteiger partial charge >= 0.3 is 5.97 Å². The van der Waals surface area contributed by atoms with Crippen molar-refractivity contribution in [1.29, 1.82) is 0 Å². The molecule has 0 radical (unpaired) electrons. The Bertz CT molecular complexity index is 1220. The van der Waals surface area contributed by atoms with Gasteiger partial charge in [-0.25, -0.2) is 14.2 Å². The lowest BCUT2D eigenvalue weighted by Crippen LogP contribution is -2.10. The lowest BCUT2D eigenvalue weighted by molar-refractivity contribution is 0.0737. The first-order chi connectivity index (χ1) is 13.9. The van der Waals surface area contributed by atoms with E-state index in [-0.39, 0.29) is 5.82 Å². The molecule has 3 aromatic carbocycles. The molecule has 0 amide bonds. The summed E-state index contributed by atoms with van der Waals surface area (Å²) in [4.78, 5) is 17.8. The number of ether oxygens (including phenoxy) is 1. The van der Waals surface area contributed by atoms with Gasteiger partial charge in [0.2, 0.25) is 0 Å². The third-order valence-electron chi connectivity index (χ3n) is 4.63. The number of benzene rings is 3. The highest BCUT2D eigenvalue weighted by Crippen LogP contribution is 2.29. The minimum atomic E-state index is -0.465. The van der Waals surface area contributed by atoms with Gasteiger partial charge in [-0.05, 0) is 80.1 Å². The van der Waals surface area contributed by atoms with Crippen molar-refractivity contribution >= 4 is 32.8 Å². The first-order valence-corrected chi connectivity index (χ1v) is 9.86. The fourth-order valence-corrected chi connectivity index (χ4v) is 3.55. The van der Waals surface area contributed by atoms with Crippen LogP contribution in [0.2, 0.25) is 0 Å². The number of halogens is 2. The molecule has 0 unspecified atom stereocenters. The summed E-state index contributed by atoms with van der Waals surface area (Å²) in [6.45, 7) is 3.94. The summed E-state index contributed by atoms with van der Waals surface area (Å²) < 4.78 is 19.8. The zero-order valence-corrected chi connectivity index (χ0v) is 17.5. The predicted octanol–water partition coefficient (Wildman–Crippen LogP) is 6.64. The van der Waals surface area contributed by atoms with Crippen molar-refractivity contribution < 1.29 is 13.9 Å². The highest BCUT2D eigenvalue weighted by atomic mass is 79.9. The Labute approximate surface area is 176 Å². The van der Waals surface area contributed by atoms with E-state index in [4.69, 9.17) is 9.72 Å². The first kappa shape index (κ1) is 19.3. The van der Waals surface area contributed by atoms with Gasteiger partial charge in [-0.1, -0.05) is 27.6 Å². The Balaban J connectivity index is 1.86. The monoisotopic (exact) mass is 449 g/mol. The molecule has 0 aliphatic heterocycles. The van der Waals surface area contributed by atoms with Gasteiger partial charge in [0.15, 0.2) is 0 Å². The van der Waals surface area contributed by atoms with Gasteiger partial charge in [-0.15, -0.1) is 0 Å². The van der Waals surface area contributed by atoms with Crippen LogP contribution in [0.5, 0.6) is 5.75 Å². The molecule has 1 heterocycles.